The van der Waals surface area contributed by atoms with E-state index in [4.69, 9.17) is 26.1 Å². The smallest absolute Gasteiger partial charge is 0.253 e. The van der Waals surface area contributed by atoms with Gasteiger partial charge in [0.25, 0.3) is 5.91 Å². The van der Waals surface area contributed by atoms with Crippen molar-refractivity contribution in [2.45, 2.75) is 31.4 Å². The number of hydrogen-bond donors (Lipinski definition) is 3. The Hall–Kier alpha value is -4.48. The number of nitrogens with one attached hydrogen (secondary N) is 3. The number of amides is 2. The Labute approximate surface area is 247 Å². The Balaban J connectivity index is 1.11. The van der Waals surface area contributed by atoms with E-state index in [1.807, 2.05) is 23.2 Å². The molecule has 5 heterocycles. The summed E-state index contributed by atoms with van der Waals surface area (Å²) in [6, 6.07) is 9.00. The summed E-state index contributed by atoms with van der Waals surface area (Å²) in [6.45, 7) is 5.71. The zero-order valence-corrected chi connectivity index (χ0v) is 23.6. The Morgan fingerprint density at radius 2 is 2.05 bits per heavy atom. The van der Waals surface area contributed by atoms with Gasteiger partial charge in [-0.05, 0) is 49.2 Å². The molecule has 0 bridgehead atoms. The second-order valence-corrected chi connectivity index (χ2v) is 10.6. The standard InChI is InChI=1S/C30H30ClN7O4/c1-2-26(39)36-24-6-5-18(14-25(24)42-20-9-13-41-17-20)29(40)38-11-7-19(8-12-38)35-30-34-16-23(31)27(37-30)22-15-33-28-21(22)4-3-10-32-28/h2-6,10,14-16,19-20H,1,7-9,11-13,17H2,(H,32,33)(H,36,39)(H,34,35,37)/t20-/m0/s1. The molecule has 0 radical (unpaired) electrons. The zero-order chi connectivity index (χ0) is 29.1. The van der Waals surface area contributed by atoms with Crippen molar-refractivity contribution in [2.75, 3.05) is 36.9 Å². The number of benzene rings is 1. The van der Waals surface area contributed by atoms with Crippen LogP contribution in [0.1, 0.15) is 29.6 Å². The maximum atomic E-state index is 13.4. The summed E-state index contributed by atoms with van der Waals surface area (Å²) >= 11 is 6.47. The zero-order valence-electron chi connectivity index (χ0n) is 22.8. The van der Waals surface area contributed by atoms with Gasteiger partial charge in [0.1, 0.15) is 17.5 Å². The summed E-state index contributed by atoms with van der Waals surface area (Å²) < 4.78 is 11.5. The summed E-state index contributed by atoms with van der Waals surface area (Å²) in [6.07, 6.45) is 8.41. The SMILES string of the molecule is C=CC(=O)Nc1ccc(C(=O)N2CCC(Nc3ncc(Cl)c(-c4c[nH]c5ncccc45)n3)CC2)cc1O[C@H]1CCOC1. The molecule has 42 heavy (non-hydrogen) atoms. The molecule has 1 aromatic carbocycles. The monoisotopic (exact) mass is 587 g/mol. The highest BCUT2D eigenvalue weighted by atomic mass is 35.5. The van der Waals surface area contributed by atoms with Crippen molar-refractivity contribution in [3.8, 4) is 17.0 Å². The molecule has 0 spiro atoms. The Bertz CT molecular complexity index is 1630. The van der Waals surface area contributed by atoms with Crippen molar-refractivity contribution in [1.29, 1.82) is 0 Å². The molecular formula is C30H30ClN7O4. The van der Waals surface area contributed by atoms with Crippen LogP contribution < -0.4 is 15.4 Å². The molecule has 11 nitrogen and oxygen atoms in total. The maximum absolute atomic E-state index is 13.4. The molecule has 0 saturated carbocycles. The fraction of sp³-hybridized carbons (Fsp3) is 0.300. The van der Waals surface area contributed by atoms with Crippen molar-refractivity contribution in [3.63, 3.8) is 0 Å². The largest absolute Gasteiger partial charge is 0.486 e. The quantitative estimate of drug-likeness (QED) is 0.253. The van der Waals surface area contributed by atoms with Crippen LogP contribution in [0.25, 0.3) is 22.3 Å². The number of fused-ring (bicyclic) bond motifs is 1. The van der Waals surface area contributed by atoms with Crippen LogP contribution in [0.5, 0.6) is 5.75 Å². The van der Waals surface area contributed by atoms with Crippen molar-refractivity contribution in [2.24, 2.45) is 0 Å². The number of nitrogens with zero attached hydrogens (tertiary/aromatic N) is 4. The molecule has 2 aliphatic heterocycles. The molecule has 3 aromatic heterocycles. The van der Waals surface area contributed by atoms with Crippen LogP contribution in [0.15, 0.2) is 61.6 Å². The third-order valence-electron chi connectivity index (χ3n) is 7.42. The highest BCUT2D eigenvalue weighted by Crippen LogP contribution is 2.32. The Kier molecular flexibility index (Phi) is 8.02. The molecule has 216 valence electrons. The van der Waals surface area contributed by atoms with E-state index >= 15 is 0 Å². The number of pyridine rings is 1. The van der Waals surface area contributed by atoms with Gasteiger partial charge in [-0.3, -0.25) is 9.59 Å². The van der Waals surface area contributed by atoms with Crippen LogP contribution >= 0.6 is 11.6 Å². The highest BCUT2D eigenvalue weighted by Gasteiger charge is 2.26. The first-order chi connectivity index (χ1) is 20.5. The number of aromatic nitrogens is 4. The first kappa shape index (κ1) is 27.7. The van der Waals surface area contributed by atoms with Gasteiger partial charge in [0.05, 0.1) is 35.8 Å². The number of ether oxygens (including phenoxy) is 2. The van der Waals surface area contributed by atoms with Crippen LogP contribution in [-0.4, -0.2) is 75.1 Å². The number of carbonyl (C=O) groups excluding carboxylic acids is 2. The van der Waals surface area contributed by atoms with Crippen molar-refractivity contribution >= 4 is 46.1 Å². The summed E-state index contributed by atoms with van der Waals surface area (Å²) in [5.41, 5.74) is 3.21. The molecule has 3 N–H and O–H groups in total. The average molecular weight is 588 g/mol. The third kappa shape index (κ3) is 5.93. The second kappa shape index (κ2) is 12.2. The molecule has 2 fully saturated rings. The van der Waals surface area contributed by atoms with Crippen LogP contribution in [0, 0.1) is 0 Å². The van der Waals surface area contributed by atoms with Crippen molar-refractivity contribution < 1.29 is 19.1 Å². The Morgan fingerprint density at radius 1 is 1.19 bits per heavy atom. The van der Waals surface area contributed by atoms with Gasteiger partial charge in [0.15, 0.2) is 0 Å². The lowest BCUT2D eigenvalue weighted by Gasteiger charge is -2.32. The van der Waals surface area contributed by atoms with E-state index < -0.39 is 0 Å². The summed E-state index contributed by atoms with van der Waals surface area (Å²) in [5.74, 6) is 0.462. The number of halogens is 1. The average Bonchev–Trinajstić information content (AvgIpc) is 3.69. The summed E-state index contributed by atoms with van der Waals surface area (Å²) in [7, 11) is 0. The molecule has 0 unspecified atom stereocenters. The minimum atomic E-state index is -0.355. The third-order valence-corrected chi connectivity index (χ3v) is 7.70. The molecule has 2 saturated heterocycles. The number of rotatable bonds is 8. The molecule has 12 heteroatoms. The first-order valence-corrected chi connectivity index (χ1v) is 14.2. The van der Waals surface area contributed by atoms with E-state index in [-0.39, 0.29) is 24.0 Å². The van der Waals surface area contributed by atoms with Gasteiger partial charge in [-0.25, -0.2) is 15.0 Å². The molecule has 4 aromatic rings. The van der Waals surface area contributed by atoms with Gasteiger partial charge < -0.3 is 30.0 Å². The van der Waals surface area contributed by atoms with Crippen LogP contribution in [0.2, 0.25) is 5.02 Å². The molecule has 2 aliphatic rings. The van der Waals surface area contributed by atoms with Crippen molar-refractivity contribution in [3.05, 3.63) is 72.2 Å². The predicted octanol–water partition coefficient (Wildman–Crippen LogP) is 4.68. The fourth-order valence-corrected chi connectivity index (χ4v) is 5.39. The van der Waals surface area contributed by atoms with E-state index in [0.29, 0.717) is 60.0 Å². The van der Waals surface area contributed by atoms with E-state index in [2.05, 4.69) is 32.2 Å². The lowest BCUT2D eigenvalue weighted by molar-refractivity contribution is -0.111. The van der Waals surface area contributed by atoms with Crippen LogP contribution in [0.3, 0.4) is 0 Å². The molecule has 0 aliphatic carbocycles. The first-order valence-electron chi connectivity index (χ1n) is 13.8. The minimum absolute atomic E-state index is 0.0884. The number of aromatic amines is 1. The molecule has 6 rings (SSSR count). The second-order valence-electron chi connectivity index (χ2n) is 10.2. The number of anilines is 2. The van der Waals surface area contributed by atoms with Gasteiger partial charge in [0.2, 0.25) is 11.9 Å². The lowest BCUT2D eigenvalue weighted by atomic mass is 10.0. The fourth-order valence-electron chi connectivity index (χ4n) is 5.19. The highest BCUT2D eigenvalue weighted by molar-refractivity contribution is 6.33. The summed E-state index contributed by atoms with van der Waals surface area (Å²) in [5, 5.41) is 7.54. The van der Waals surface area contributed by atoms with E-state index in [9.17, 15) is 9.59 Å². The van der Waals surface area contributed by atoms with Crippen LogP contribution in [-0.2, 0) is 9.53 Å². The van der Waals surface area contributed by atoms with Gasteiger partial charge >= 0.3 is 0 Å². The number of H-pyrrole nitrogens is 1. The number of piperidine rings is 1. The Morgan fingerprint density at radius 3 is 2.83 bits per heavy atom. The van der Waals surface area contributed by atoms with E-state index in [1.54, 1.807) is 30.6 Å². The molecule has 2 amide bonds. The van der Waals surface area contributed by atoms with Gasteiger partial charge in [0, 0.05) is 54.5 Å². The number of hydrogen-bond acceptors (Lipinski definition) is 8. The normalized spacial score (nSPS) is 17.3. The van der Waals surface area contributed by atoms with Gasteiger partial charge in [-0.15, -0.1) is 0 Å². The molecule has 1 atom stereocenters. The van der Waals surface area contributed by atoms with Crippen molar-refractivity contribution in [1.82, 2.24) is 24.8 Å². The number of likely N-dealkylation sites (tertiary alicyclic amines) is 1. The molecular weight excluding hydrogens is 558 g/mol. The lowest BCUT2D eigenvalue weighted by Crippen LogP contribution is -2.42. The van der Waals surface area contributed by atoms with Gasteiger partial charge in [-0.1, -0.05) is 18.2 Å². The maximum Gasteiger partial charge on any atom is 0.253 e. The van der Waals surface area contributed by atoms with E-state index in [0.717, 1.165) is 35.9 Å². The number of carbonyl (C=O) groups is 2. The minimum Gasteiger partial charge on any atom is -0.486 e. The predicted molar refractivity (Wildman–Crippen MR) is 160 cm³/mol. The summed E-state index contributed by atoms with van der Waals surface area (Å²) in [4.78, 5) is 43.8. The van der Waals surface area contributed by atoms with Crippen LogP contribution in [0.4, 0.5) is 11.6 Å². The van der Waals surface area contributed by atoms with E-state index in [1.165, 1.54) is 6.08 Å². The van der Waals surface area contributed by atoms with Gasteiger partial charge in [-0.2, -0.15) is 0 Å². The topological polar surface area (TPSA) is 134 Å².